The Morgan fingerprint density at radius 1 is 1.48 bits per heavy atom. The summed E-state index contributed by atoms with van der Waals surface area (Å²) in [6, 6.07) is -2.81. The lowest BCUT2D eigenvalue weighted by Gasteiger charge is -2.28. The summed E-state index contributed by atoms with van der Waals surface area (Å²) in [5.41, 5.74) is 11.8. The van der Waals surface area contributed by atoms with Crippen molar-refractivity contribution in [2.24, 2.45) is 11.5 Å². The monoisotopic (exact) mass is 375 g/mol. The molecule has 0 radical (unpaired) electrons. The molecule has 1 saturated heterocycles. The molecule has 1 aromatic rings. The quantitative estimate of drug-likeness (QED) is 0.419. The normalized spacial score (nSPS) is 22.3. The summed E-state index contributed by atoms with van der Waals surface area (Å²) in [6.07, 6.45) is 1.37. The van der Waals surface area contributed by atoms with E-state index in [1.54, 1.807) is 0 Å². The van der Waals surface area contributed by atoms with E-state index in [9.17, 15) is 18.0 Å². The summed E-state index contributed by atoms with van der Waals surface area (Å²) in [6.45, 7) is 0.584. The number of hydroxylamine groups is 2. The number of carbonyl (C=O) groups is 2. The minimum atomic E-state index is -4.90. The average Bonchev–Trinajstić information content (AvgIpc) is 3.09. The minimum absolute atomic E-state index is 0.00655. The van der Waals surface area contributed by atoms with Crippen LogP contribution >= 0.6 is 0 Å². The van der Waals surface area contributed by atoms with E-state index in [2.05, 4.69) is 14.7 Å². The van der Waals surface area contributed by atoms with Gasteiger partial charge < -0.3 is 21.7 Å². The number of aromatic nitrogens is 2. The number of nitrogens with two attached hydrogens (primary N) is 2. The van der Waals surface area contributed by atoms with Crippen molar-refractivity contribution in [3.63, 3.8) is 0 Å². The first-order chi connectivity index (χ1) is 11.8. The van der Waals surface area contributed by atoms with E-state index in [1.165, 1.54) is 11.1 Å². The summed E-state index contributed by atoms with van der Waals surface area (Å²) in [4.78, 5) is 25.6. The molecule has 3 amide bonds. The van der Waals surface area contributed by atoms with Gasteiger partial charge in [-0.15, -0.1) is 4.28 Å². The third-order valence-electron chi connectivity index (χ3n) is 3.94. The van der Waals surface area contributed by atoms with Crippen LogP contribution in [0.1, 0.15) is 23.3 Å². The number of hydrogen-bond acceptors (Lipinski definition) is 8. The summed E-state index contributed by atoms with van der Waals surface area (Å²) >= 11 is 0. The van der Waals surface area contributed by atoms with Gasteiger partial charge in [-0.1, -0.05) is 0 Å². The van der Waals surface area contributed by atoms with E-state index < -0.39 is 34.5 Å². The SMILES string of the molecule is NCCNC(=O)n1cc2c(n1)C(CN)N1CC2N(OS(=O)(=O)O)C1=O. The lowest BCUT2D eigenvalue weighted by molar-refractivity contribution is -0.0317. The van der Waals surface area contributed by atoms with E-state index in [0.717, 1.165) is 4.68 Å². The Morgan fingerprint density at radius 2 is 2.20 bits per heavy atom. The fourth-order valence-electron chi connectivity index (χ4n) is 2.94. The molecule has 1 aromatic heterocycles. The first-order valence-electron chi connectivity index (χ1n) is 7.31. The molecule has 3 rings (SSSR count). The summed E-state index contributed by atoms with van der Waals surface area (Å²) in [7, 11) is -4.90. The molecule has 14 heteroatoms. The Labute approximate surface area is 142 Å². The number of rotatable bonds is 5. The number of amides is 3. The van der Waals surface area contributed by atoms with Crippen LogP contribution in [0.3, 0.4) is 0 Å². The van der Waals surface area contributed by atoms with Crippen molar-refractivity contribution in [1.82, 2.24) is 25.1 Å². The highest BCUT2D eigenvalue weighted by Gasteiger charge is 2.51. The molecule has 0 aromatic carbocycles. The number of nitrogens with zero attached hydrogens (tertiary/aromatic N) is 4. The van der Waals surface area contributed by atoms with E-state index in [4.69, 9.17) is 16.0 Å². The zero-order chi connectivity index (χ0) is 18.4. The highest BCUT2D eigenvalue weighted by atomic mass is 32.3. The van der Waals surface area contributed by atoms with Crippen molar-refractivity contribution in [3.05, 3.63) is 17.5 Å². The van der Waals surface area contributed by atoms with Gasteiger partial charge in [-0.2, -0.15) is 23.3 Å². The van der Waals surface area contributed by atoms with Gasteiger partial charge >= 0.3 is 22.5 Å². The number of urea groups is 1. The Morgan fingerprint density at radius 3 is 2.80 bits per heavy atom. The Balaban J connectivity index is 1.98. The van der Waals surface area contributed by atoms with Gasteiger partial charge in [0.05, 0.1) is 18.3 Å². The van der Waals surface area contributed by atoms with Crippen molar-refractivity contribution in [2.75, 3.05) is 26.2 Å². The van der Waals surface area contributed by atoms with E-state index in [1.807, 2.05) is 0 Å². The Kier molecular flexibility index (Phi) is 4.38. The fraction of sp³-hybridized carbons (Fsp3) is 0.545. The van der Waals surface area contributed by atoms with E-state index in [0.29, 0.717) is 16.3 Å². The van der Waals surface area contributed by atoms with Crippen molar-refractivity contribution in [3.8, 4) is 0 Å². The van der Waals surface area contributed by atoms with Crippen molar-refractivity contribution < 1.29 is 26.8 Å². The lowest BCUT2D eigenvalue weighted by atomic mass is 9.98. The number of fused-ring (bicyclic) bond motifs is 4. The molecule has 6 N–H and O–H groups in total. The molecule has 2 unspecified atom stereocenters. The van der Waals surface area contributed by atoms with E-state index in [-0.39, 0.29) is 26.2 Å². The molecule has 3 heterocycles. The second kappa shape index (κ2) is 6.23. The Bertz CT molecular complexity index is 808. The predicted molar refractivity (Wildman–Crippen MR) is 81.2 cm³/mol. The molecule has 2 atom stereocenters. The molecule has 0 saturated carbocycles. The van der Waals surface area contributed by atoms with Gasteiger partial charge in [0.2, 0.25) is 0 Å². The molecular weight excluding hydrogens is 358 g/mol. The fourth-order valence-corrected chi connectivity index (χ4v) is 3.31. The maximum Gasteiger partial charge on any atom is 0.418 e. The maximum absolute atomic E-state index is 12.3. The molecular formula is C11H17N7O6S. The van der Waals surface area contributed by atoms with E-state index >= 15 is 0 Å². The summed E-state index contributed by atoms with van der Waals surface area (Å²) in [5.74, 6) is 0. The zero-order valence-corrected chi connectivity index (χ0v) is 13.7. The predicted octanol–water partition coefficient (Wildman–Crippen LogP) is -2.07. The maximum atomic E-state index is 12.3. The number of nitrogens with one attached hydrogen (secondary N) is 1. The topological polar surface area (TPSA) is 186 Å². The first kappa shape index (κ1) is 17.6. The second-order valence-electron chi connectivity index (χ2n) is 5.47. The second-order valence-corrected chi connectivity index (χ2v) is 6.47. The van der Waals surface area contributed by atoms with Gasteiger partial charge in [0, 0.05) is 31.4 Å². The molecule has 2 aliphatic rings. The highest BCUT2D eigenvalue weighted by Crippen LogP contribution is 2.43. The van der Waals surface area contributed by atoms with Gasteiger partial charge in [0.25, 0.3) is 0 Å². The van der Waals surface area contributed by atoms with Gasteiger partial charge in [0.1, 0.15) is 6.04 Å². The van der Waals surface area contributed by atoms with Crippen LogP contribution in [0.15, 0.2) is 6.20 Å². The molecule has 0 spiro atoms. The summed E-state index contributed by atoms with van der Waals surface area (Å²) in [5, 5.41) is 7.23. The largest absolute Gasteiger partial charge is 0.418 e. The average molecular weight is 375 g/mol. The molecule has 25 heavy (non-hydrogen) atoms. The minimum Gasteiger partial charge on any atom is -0.335 e. The van der Waals surface area contributed by atoms with Crippen LogP contribution in [0.4, 0.5) is 9.59 Å². The molecule has 138 valence electrons. The number of carbonyl (C=O) groups excluding carboxylic acids is 2. The highest BCUT2D eigenvalue weighted by molar-refractivity contribution is 7.80. The van der Waals surface area contributed by atoms with Crippen LogP contribution < -0.4 is 16.8 Å². The molecule has 2 bridgehead atoms. The van der Waals surface area contributed by atoms with Crippen LogP contribution in [-0.4, -0.2) is 71.0 Å². The smallest absolute Gasteiger partial charge is 0.335 e. The molecule has 0 aliphatic carbocycles. The van der Waals surface area contributed by atoms with Crippen molar-refractivity contribution in [2.45, 2.75) is 12.1 Å². The van der Waals surface area contributed by atoms with Crippen molar-refractivity contribution in [1.29, 1.82) is 0 Å². The molecule has 2 aliphatic heterocycles. The molecule has 13 nitrogen and oxygen atoms in total. The zero-order valence-electron chi connectivity index (χ0n) is 12.9. The van der Waals surface area contributed by atoms with Crippen LogP contribution in [0, 0.1) is 0 Å². The summed E-state index contributed by atoms with van der Waals surface area (Å²) < 4.78 is 36.3. The standard InChI is InChI=1S/C11H17N7O6S/c12-1-2-14-10(19)17-4-6-8-5-16(7(3-13)9(6)15-17)11(20)18(8)24-25(21,22)23/h4,7-8H,1-3,5,12-13H2,(H,14,19)(H,21,22,23). The molecule has 1 fully saturated rings. The van der Waals surface area contributed by atoms with Gasteiger partial charge in [0.15, 0.2) is 0 Å². The lowest BCUT2D eigenvalue weighted by Crippen LogP contribution is -2.38. The number of hydrogen-bond donors (Lipinski definition) is 4. The Hall–Kier alpha value is -2.26. The van der Waals surface area contributed by atoms with Gasteiger partial charge in [-0.05, 0) is 0 Å². The van der Waals surface area contributed by atoms with Crippen molar-refractivity contribution >= 4 is 22.5 Å². The first-order valence-corrected chi connectivity index (χ1v) is 8.68. The third kappa shape index (κ3) is 3.05. The van der Waals surface area contributed by atoms with Crippen LogP contribution in [0.5, 0.6) is 0 Å². The van der Waals surface area contributed by atoms with Crippen LogP contribution in [0.25, 0.3) is 0 Å². The van der Waals surface area contributed by atoms with Crippen LogP contribution in [0.2, 0.25) is 0 Å². The van der Waals surface area contributed by atoms with Gasteiger partial charge in [-0.3, -0.25) is 4.55 Å². The van der Waals surface area contributed by atoms with Gasteiger partial charge in [-0.25, -0.2) is 9.59 Å². The third-order valence-corrected chi connectivity index (χ3v) is 4.29. The van der Waals surface area contributed by atoms with Crippen LogP contribution in [-0.2, 0) is 14.7 Å².